The first-order valence-corrected chi connectivity index (χ1v) is 7.74. The van der Waals surface area contributed by atoms with Crippen LogP contribution >= 0.6 is 23.4 Å². The third-order valence-electron chi connectivity index (χ3n) is 2.59. The van der Waals surface area contributed by atoms with Crippen LogP contribution in [-0.4, -0.2) is 27.8 Å². The van der Waals surface area contributed by atoms with Crippen molar-refractivity contribution in [3.8, 4) is 0 Å². The van der Waals surface area contributed by atoms with Gasteiger partial charge < -0.3 is 5.32 Å². The molecule has 17 heavy (non-hydrogen) atoms. The van der Waals surface area contributed by atoms with Gasteiger partial charge in [0.2, 0.25) is 0 Å². The highest BCUT2D eigenvalue weighted by Crippen LogP contribution is 2.19. The summed E-state index contributed by atoms with van der Waals surface area (Å²) in [6, 6.07) is 0. The lowest BCUT2D eigenvalue weighted by Gasteiger charge is -2.07. The predicted octanol–water partition coefficient (Wildman–Crippen LogP) is 3.10. The second-order valence-corrected chi connectivity index (χ2v) is 5.66. The zero-order valence-corrected chi connectivity index (χ0v) is 12.5. The standard InChI is InChI=1S/C12H22ClN3S/c1-4-16-11(12(13)10(3)15-16)9-14-7-6-8-17-5-2/h14H,4-9H2,1-3H3. The van der Waals surface area contributed by atoms with Crippen LogP contribution in [0.5, 0.6) is 0 Å². The van der Waals surface area contributed by atoms with Crippen molar-refractivity contribution >= 4 is 23.4 Å². The summed E-state index contributed by atoms with van der Waals surface area (Å²) in [4.78, 5) is 0. The molecule has 1 rings (SSSR count). The lowest BCUT2D eigenvalue weighted by Crippen LogP contribution is -2.18. The van der Waals surface area contributed by atoms with Gasteiger partial charge in [-0.05, 0) is 38.3 Å². The fraction of sp³-hybridized carbons (Fsp3) is 0.750. The van der Waals surface area contributed by atoms with Crippen molar-refractivity contribution in [3.05, 3.63) is 16.4 Å². The van der Waals surface area contributed by atoms with Crippen LogP contribution in [0.3, 0.4) is 0 Å². The molecule has 0 radical (unpaired) electrons. The quantitative estimate of drug-likeness (QED) is 0.740. The maximum absolute atomic E-state index is 6.23. The number of hydrogen-bond acceptors (Lipinski definition) is 3. The monoisotopic (exact) mass is 275 g/mol. The third-order valence-corrected chi connectivity index (χ3v) is 4.07. The molecule has 0 aliphatic heterocycles. The average molecular weight is 276 g/mol. The van der Waals surface area contributed by atoms with Gasteiger partial charge in [-0.1, -0.05) is 18.5 Å². The van der Waals surface area contributed by atoms with Gasteiger partial charge >= 0.3 is 0 Å². The summed E-state index contributed by atoms with van der Waals surface area (Å²) in [5, 5.41) is 8.64. The van der Waals surface area contributed by atoms with E-state index in [1.807, 2.05) is 23.4 Å². The summed E-state index contributed by atoms with van der Waals surface area (Å²) in [7, 11) is 0. The van der Waals surface area contributed by atoms with Crippen molar-refractivity contribution in [3.63, 3.8) is 0 Å². The highest BCUT2D eigenvalue weighted by Gasteiger charge is 2.11. The molecule has 0 aliphatic rings. The lowest BCUT2D eigenvalue weighted by atomic mass is 10.3. The summed E-state index contributed by atoms with van der Waals surface area (Å²) >= 11 is 8.21. The van der Waals surface area contributed by atoms with Crippen LogP contribution in [0, 0.1) is 6.92 Å². The van der Waals surface area contributed by atoms with Crippen LogP contribution in [0.4, 0.5) is 0 Å². The van der Waals surface area contributed by atoms with E-state index in [0.29, 0.717) is 0 Å². The van der Waals surface area contributed by atoms with Crippen molar-refractivity contribution in [1.29, 1.82) is 0 Å². The number of halogens is 1. The molecule has 0 bridgehead atoms. The normalized spacial score (nSPS) is 11.1. The predicted molar refractivity (Wildman–Crippen MR) is 77.0 cm³/mol. The summed E-state index contributed by atoms with van der Waals surface area (Å²) in [5.74, 6) is 2.43. The minimum atomic E-state index is 0.808. The molecule has 0 amide bonds. The first-order valence-electron chi connectivity index (χ1n) is 6.20. The summed E-state index contributed by atoms with van der Waals surface area (Å²) in [6.07, 6.45) is 1.20. The first-order chi connectivity index (χ1) is 8.20. The molecule has 0 saturated heterocycles. The molecule has 1 aromatic heterocycles. The maximum atomic E-state index is 6.23. The molecule has 0 fully saturated rings. The highest BCUT2D eigenvalue weighted by atomic mass is 35.5. The van der Waals surface area contributed by atoms with Gasteiger partial charge in [0.05, 0.1) is 16.4 Å². The Balaban J connectivity index is 2.35. The van der Waals surface area contributed by atoms with E-state index in [1.54, 1.807) is 0 Å². The molecule has 0 unspecified atom stereocenters. The largest absolute Gasteiger partial charge is 0.311 e. The van der Waals surface area contributed by atoms with Gasteiger partial charge in [-0.25, -0.2) is 0 Å². The molecular formula is C12H22ClN3S. The second-order valence-electron chi connectivity index (χ2n) is 3.89. The van der Waals surface area contributed by atoms with E-state index >= 15 is 0 Å². The third kappa shape index (κ3) is 4.53. The molecule has 0 spiro atoms. The Labute approximate surface area is 113 Å². The number of aromatic nitrogens is 2. The van der Waals surface area contributed by atoms with E-state index in [2.05, 4.69) is 24.3 Å². The fourth-order valence-electron chi connectivity index (χ4n) is 1.69. The van der Waals surface area contributed by atoms with E-state index in [0.717, 1.165) is 36.0 Å². The average Bonchev–Trinajstić information content (AvgIpc) is 2.60. The Bertz CT molecular complexity index is 339. The van der Waals surface area contributed by atoms with Crippen molar-refractivity contribution in [2.24, 2.45) is 0 Å². The summed E-state index contributed by atoms with van der Waals surface area (Å²) < 4.78 is 1.98. The smallest absolute Gasteiger partial charge is 0.0860 e. The molecule has 1 aromatic rings. The zero-order chi connectivity index (χ0) is 12.7. The Kier molecular flexibility index (Phi) is 7.00. The van der Waals surface area contributed by atoms with Crippen molar-refractivity contribution < 1.29 is 0 Å². The first kappa shape index (κ1) is 14.9. The molecule has 5 heteroatoms. The van der Waals surface area contributed by atoms with Gasteiger partial charge in [0, 0.05) is 13.1 Å². The van der Waals surface area contributed by atoms with Crippen LogP contribution < -0.4 is 5.32 Å². The molecule has 1 heterocycles. The van der Waals surface area contributed by atoms with Crippen LogP contribution in [0.2, 0.25) is 5.02 Å². The highest BCUT2D eigenvalue weighted by molar-refractivity contribution is 7.99. The lowest BCUT2D eigenvalue weighted by molar-refractivity contribution is 0.578. The number of aryl methyl sites for hydroxylation is 2. The molecule has 0 atom stereocenters. The minimum Gasteiger partial charge on any atom is -0.311 e. The minimum absolute atomic E-state index is 0.808. The Morgan fingerprint density at radius 2 is 2.18 bits per heavy atom. The fourth-order valence-corrected chi connectivity index (χ4v) is 2.53. The van der Waals surface area contributed by atoms with Crippen LogP contribution in [0.1, 0.15) is 31.7 Å². The van der Waals surface area contributed by atoms with E-state index in [4.69, 9.17) is 11.6 Å². The van der Waals surface area contributed by atoms with Crippen LogP contribution in [0.15, 0.2) is 0 Å². The van der Waals surface area contributed by atoms with Crippen molar-refractivity contribution in [1.82, 2.24) is 15.1 Å². The van der Waals surface area contributed by atoms with Gasteiger partial charge in [0.15, 0.2) is 0 Å². The van der Waals surface area contributed by atoms with Gasteiger partial charge in [-0.3, -0.25) is 4.68 Å². The summed E-state index contributed by atoms with van der Waals surface area (Å²) in [6.45, 7) is 8.96. The number of nitrogens with zero attached hydrogens (tertiary/aromatic N) is 2. The van der Waals surface area contributed by atoms with Crippen LogP contribution in [0.25, 0.3) is 0 Å². The Morgan fingerprint density at radius 1 is 1.41 bits per heavy atom. The van der Waals surface area contributed by atoms with E-state index in [9.17, 15) is 0 Å². The van der Waals surface area contributed by atoms with Crippen LogP contribution in [-0.2, 0) is 13.1 Å². The van der Waals surface area contributed by atoms with E-state index in [1.165, 1.54) is 17.9 Å². The molecule has 3 nitrogen and oxygen atoms in total. The molecule has 1 N–H and O–H groups in total. The Morgan fingerprint density at radius 3 is 2.82 bits per heavy atom. The molecule has 0 saturated carbocycles. The Hall–Kier alpha value is -0.190. The molecular weight excluding hydrogens is 254 g/mol. The van der Waals surface area contributed by atoms with Crippen molar-refractivity contribution in [2.45, 2.75) is 40.3 Å². The van der Waals surface area contributed by atoms with Gasteiger partial charge in [-0.2, -0.15) is 16.9 Å². The van der Waals surface area contributed by atoms with Gasteiger partial charge in [0.1, 0.15) is 0 Å². The molecule has 0 aliphatic carbocycles. The number of nitrogens with one attached hydrogen (secondary N) is 1. The van der Waals surface area contributed by atoms with E-state index < -0.39 is 0 Å². The van der Waals surface area contributed by atoms with E-state index in [-0.39, 0.29) is 0 Å². The second kappa shape index (κ2) is 8.01. The molecule has 98 valence electrons. The number of rotatable bonds is 8. The summed E-state index contributed by atoms with van der Waals surface area (Å²) in [5.41, 5.74) is 2.03. The topological polar surface area (TPSA) is 29.9 Å². The maximum Gasteiger partial charge on any atom is 0.0860 e. The molecule has 0 aromatic carbocycles. The zero-order valence-electron chi connectivity index (χ0n) is 10.9. The van der Waals surface area contributed by atoms with Gasteiger partial charge in [0.25, 0.3) is 0 Å². The van der Waals surface area contributed by atoms with Crippen molar-refractivity contribution in [2.75, 3.05) is 18.1 Å². The van der Waals surface area contributed by atoms with Gasteiger partial charge in [-0.15, -0.1) is 0 Å². The number of thioether (sulfide) groups is 1. The SMILES string of the molecule is CCSCCCNCc1c(Cl)c(C)nn1CC. The number of hydrogen-bond donors (Lipinski definition) is 1.